The van der Waals surface area contributed by atoms with E-state index in [4.69, 9.17) is 5.73 Å². The fourth-order valence-electron chi connectivity index (χ4n) is 1.11. The van der Waals surface area contributed by atoms with Gasteiger partial charge in [0.1, 0.15) is 6.29 Å². The van der Waals surface area contributed by atoms with Gasteiger partial charge in [0.05, 0.1) is 19.1 Å². The number of hydrogen-bond acceptors (Lipinski definition) is 4. The third kappa shape index (κ3) is 2.85. The van der Waals surface area contributed by atoms with Crippen molar-refractivity contribution < 1.29 is 14.3 Å². The molecule has 0 fully saturated rings. The van der Waals surface area contributed by atoms with E-state index in [0.29, 0.717) is 23.1 Å². The summed E-state index contributed by atoms with van der Waals surface area (Å²) in [7, 11) is 1.30. The van der Waals surface area contributed by atoms with Crippen molar-refractivity contribution in [3.05, 3.63) is 29.3 Å². The second-order valence-corrected chi connectivity index (χ2v) is 2.97. The number of rotatable bonds is 2. The van der Waals surface area contributed by atoms with E-state index < -0.39 is 5.97 Å². The van der Waals surface area contributed by atoms with Gasteiger partial charge in [-0.3, -0.25) is 0 Å². The average Bonchev–Trinajstić information content (AvgIpc) is 2.30. The maximum atomic E-state index is 11.2. The molecule has 82 valence electrons. The molecule has 4 heteroatoms. The summed E-state index contributed by atoms with van der Waals surface area (Å²) < 4.78 is 4.55. The maximum Gasteiger partial charge on any atom is 0.337 e. The first-order chi connectivity index (χ1) is 7.69. The molecule has 1 aromatic rings. The minimum atomic E-state index is -0.445. The lowest BCUT2D eigenvalue weighted by atomic mass is 10.1. The van der Waals surface area contributed by atoms with E-state index >= 15 is 0 Å². The Hall–Kier alpha value is -2.28. The average molecular weight is 217 g/mol. The first-order valence-corrected chi connectivity index (χ1v) is 4.59. The van der Waals surface area contributed by atoms with Crippen LogP contribution in [0, 0.1) is 11.8 Å². The fraction of sp³-hybridized carbons (Fsp3) is 0.167. The van der Waals surface area contributed by atoms with Gasteiger partial charge in [-0.05, 0) is 18.2 Å². The molecule has 0 aliphatic heterocycles. The zero-order valence-corrected chi connectivity index (χ0v) is 8.82. The monoisotopic (exact) mass is 217 g/mol. The van der Waals surface area contributed by atoms with E-state index in [-0.39, 0.29) is 6.42 Å². The van der Waals surface area contributed by atoms with Crippen molar-refractivity contribution in [2.75, 3.05) is 12.8 Å². The molecular weight excluding hydrogens is 206 g/mol. The van der Waals surface area contributed by atoms with Crippen LogP contribution in [0.25, 0.3) is 0 Å². The van der Waals surface area contributed by atoms with Crippen LogP contribution in [0.1, 0.15) is 22.3 Å². The molecule has 0 heterocycles. The first-order valence-electron chi connectivity index (χ1n) is 4.59. The molecule has 0 radical (unpaired) electrons. The highest BCUT2D eigenvalue weighted by molar-refractivity contribution is 5.90. The molecule has 4 nitrogen and oxygen atoms in total. The number of carbonyl (C=O) groups excluding carboxylic acids is 2. The first kappa shape index (κ1) is 11.8. The third-order valence-corrected chi connectivity index (χ3v) is 1.88. The predicted molar refractivity (Wildman–Crippen MR) is 59.8 cm³/mol. The van der Waals surface area contributed by atoms with Crippen LogP contribution in [0.2, 0.25) is 0 Å². The largest absolute Gasteiger partial charge is 0.465 e. The minimum absolute atomic E-state index is 0.165. The van der Waals surface area contributed by atoms with Crippen LogP contribution >= 0.6 is 0 Å². The molecule has 0 bridgehead atoms. The topological polar surface area (TPSA) is 69.4 Å². The van der Waals surface area contributed by atoms with Crippen LogP contribution in [0.3, 0.4) is 0 Å². The molecule has 1 rings (SSSR count). The minimum Gasteiger partial charge on any atom is -0.465 e. The lowest BCUT2D eigenvalue weighted by Crippen LogP contribution is -2.02. The van der Waals surface area contributed by atoms with Crippen molar-refractivity contribution in [2.24, 2.45) is 0 Å². The van der Waals surface area contributed by atoms with Gasteiger partial charge in [0, 0.05) is 11.3 Å². The number of ether oxygens (including phenoxy) is 1. The van der Waals surface area contributed by atoms with E-state index in [1.807, 2.05) is 0 Å². The smallest absolute Gasteiger partial charge is 0.337 e. The Morgan fingerprint density at radius 1 is 1.56 bits per heavy atom. The molecule has 0 atom stereocenters. The van der Waals surface area contributed by atoms with Crippen molar-refractivity contribution in [1.82, 2.24) is 0 Å². The molecule has 1 aromatic carbocycles. The third-order valence-electron chi connectivity index (χ3n) is 1.88. The van der Waals surface area contributed by atoms with E-state index in [1.54, 1.807) is 12.1 Å². The second kappa shape index (κ2) is 5.56. The summed E-state index contributed by atoms with van der Waals surface area (Å²) in [6.07, 6.45) is 0.879. The van der Waals surface area contributed by atoms with Gasteiger partial charge in [-0.2, -0.15) is 0 Å². The Balaban J connectivity index is 2.97. The summed E-state index contributed by atoms with van der Waals surface area (Å²) in [5.74, 6) is 4.93. The van der Waals surface area contributed by atoms with Crippen LogP contribution in [-0.2, 0) is 9.53 Å². The number of hydrogen-bond donors (Lipinski definition) is 1. The van der Waals surface area contributed by atoms with Gasteiger partial charge >= 0.3 is 5.97 Å². The van der Waals surface area contributed by atoms with Crippen molar-refractivity contribution >= 4 is 17.9 Å². The van der Waals surface area contributed by atoms with Crippen molar-refractivity contribution in [2.45, 2.75) is 6.42 Å². The summed E-state index contributed by atoms with van der Waals surface area (Å²) in [6.45, 7) is 0. The van der Waals surface area contributed by atoms with E-state index in [2.05, 4.69) is 16.6 Å². The van der Waals surface area contributed by atoms with Crippen LogP contribution < -0.4 is 5.73 Å². The van der Waals surface area contributed by atoms with Crippen LogP contribution in [0.4, 0.5) is 5.69 Å². The number of carbonyl (C=O) groups is 2. The zero-order chi connectivity index (χ0) is 12.0. The lowest BCUT2D eigenvalue weighted by molar-refractivity contribution is -0.107. The molecule has 0 saturated carbocycles. The van der Waals surface area contributed by atoms with Gasteiger partial charge < -0.3 is 15.3 Å². The molecule has 0 saturated heterocycles. The summed E-state index contributed by atoms with van der Waals surface area (Å²) in [5, 5.41) is 0. The standard InChI is InChI=1S/C12H11NO3/c1-16-12(15)10-6-5-9(11(13)8-10)4-2-3-7-14/h5-8H,3,13H2,1H3. The van der Waals surface area contributed by atoms with Crippen LogP contribution in [0.15, 0.2) is 18.2 Å². The van der Waals surface area contributed by atoms with E-state index in [0.717, 1.165) is 0 Å². The molecule has 0 unspecified atom stereocenters. The number of esters is 1. The number of benzene rings is 1. The van der Waals surface area contributed by atoms with Crippen molar-refractivity contribution in [3.63, 3.8) is 0 Å². The molecule has 0 amide bonds. The molecule has 0 aliphatic carbocycles. The number of nitrogen functional groups attached to an aromatic ring is 1. The summed E-state index contributed by atoms with van der Waals surface area (Å²) in [5.41, 5.74) is 7.06. The highest BCUT2D eigenvalue weighted by Gasteiger charge is 2.06. The molecule has 0 aromatic heterocycles. The van der Waals surface area contributed by atoms with Gasteiger partial charge in [-0.15, -0.1) is 0 Å². The predicted octanol–water partition coefficient (Wildman–Crippen LogP) is 0.996. The van der Waals surface area contributed by atoms with Gasteiger partial charge in [0.15, 0.2) is 0 Å². The van der Waals surface area contributed by atoms with E-state index in [1.165, 1.54) is 13.2 Å². The summed E-state index contributed by atoms with van der Waals surface area (Å²) in [4.78, 5) is 21.2. The molecule has 2 N–H and O–H groups in total. The maximum absolute atomic E-state index is 11.2. The van der Waals surface area contributed by atoms with Crippen molar-refractivity contribution in [1.29, 1.82) is 0 Å². The number of nitrogens with two attached hydrogens (primary N) is 1. The SMILES string of the molecule is COC(=O)c1ccc(C#CCC=O)c(N)c1. The summed E-state index contributed by atoms with van der Waals surface area (Å²) in [6, 6.07) is 4.70. The molecular formula is C12H11NO3. The van der Waals surface area contributed by atoms with E-state index in [9.17, 15) is 9.59 Å². The normalized spacial score (nSPS) is 8.81. The number of aldehydes is 1. The summed E-state index contributed by atoms with van der Waals surface area (Å²) >= 11 is 0. The molecule has 0 aliphatic rings. The highest BCUT2D eigenvalue weighted by Crippen LogP contribution is 2.13. The fourth-order valence-corrected chi connectivity index (χ4v) is 1.11. The van der Waals surface area contributed by atoms with Gasteiger partial charge in [-0.25, -0.2) is 4.79 Å². The highest BCUT2D eigenvalue weighted by atomic mass is 16.5. The Labute approximate surface area is 93.4 Å². The Kier molecular flexibility index (Phi) is 4.10. The Bertz CT molecular complexity index is 469. The quantitative estimate of drug-likeness (QED) is 0.347. The lowest BCUT2D eigenvalue weighted by Gasteiger charge is -2.02. The number of anilines is 1. The van der Waals surface area contributed by atoms with Crippen molar-refractivity contribution in [3.8, 4) is 11.8 Å². The van der Waals surface area contributed by atoms with Crippen LogP contribution in [0.5, 0.6) is 0 Å². The zero-order valence-electron chi connectivity index (χ0n) is 8.82. The Morgan fingerprint density at radius 2 is 2.31 bits per heavy atom. The number of methoxy groups -OCH3 is 1. The molecule has 16 heavy (non-hydrogen) atoms. The van der Waals surface area contributed by atoms with Gasteiger partial charge in [-0.1, -0.05) is 11.8 Å². The van der Waals surface area contributed by atoms with Crippen LogP contribution in [-0.4, -0.2) is 19.4 Å². The molecule has 0 spiro atoms. The van der Waals surface area contributed by atoms with Gasteiger partial charge in [0.2, 0.25) is 0 Å². The second-order valence-electron chi connectivity index (χ2n) is 2.97. The Morgan fingerprint density at radius 3 is 2.88 bits per heavy atom. The van der Waals surface area contributed by atoms with Gasteiger partial charge in [0.25, 0.3) is 0 Å².